The molecule has 1 aromatic rings. The van der Waals surface area contributed by atoms with Gasteiger partial charge in [0.25, 0.3) is 0 Å². The van der Waals surface area contributed by atoms with Gasteiger partial charge in [-0.3, -0.25) is 0 Å². The van der Waals surface area contributed by atoms with Crippen molar-refractivity contribution in [3.05, 3.63) is 24.3 Å². The molecule has 0 heterocycles. The van der Waals surface area contributed by atoms with Crippen LogP contribution >= 0.6 is 7.60 Å². The summed E-state index contributed by atoms with van der Waals surface area (Å²) >= 11 is 0. The second kappa shape index (κ2) is 7.87. The quantitative estimate of drug-likeness (QED) is 0.405. The summed E-state index contributed by atoms with van der Waals surface area (Å²) in [6.45, 7) is 0. The van der Waals surface area contributed by atoms with Gasteiger partial charge in [0.05, 0.1) is 0 Å². The molecule has 0 unspecified atom stereocenters. The summed E-state index contributed by atoms with van der Waals surface area (Å²) in [5, 5.41) is 1.90. The van der Waals surface area contributed by atoms with E-state index in [2.05, 4.69) is 5.32 Å². The minimum Gasteiger partial charge on any atom is -0.807 e. The molecular formula is C7H7N2Na2O4P. The number of rotatable bonds is 2. The van der Waals surface area contributed by atoms with Crippen LogP contribution in [0, 0.1) is 0 Å². The Morgan fingerprint density at radius 1 is 1.19 bits per heavy atom. The molecule has 0 saturated carbocycles. The molecule has 0 bridgehead atoms. The van der Waals surface area contributed by atoms with Crippen LogP contribution in [0.25, 0.3) is 0 Å². The van der Waals surface area contributed by atoms with E-state index in [0.29, 0.717) is 5.69 Å². The summed E-state index contributed by atoms with van der Waals surface area (Å²) in [6, 6.07) is 4.01. The molecule has 0 fully saturated rings. The van der Waals surface area contributed by atoms with E-state index in [0.717, 1.165) is 12.1 Å². The molecule has 1 rings (SSSR count). The van der Waals surface area contributed by atoms with Crippen LogP contribution in [0.4, 0.5) is 10.5 Å². The van der Waals surface area contributed by atoms with Gasteiger partial charge in [-0.05, 0) is 25.0 Å². The monoisotopic (exact) mass is 260 g/mol. The number of nitrogens with one attached hydrogen (secondary N) is 1. The van der Waals surface area contributed by atoms with Gasteiger partial charge in [-0.1, -0.05) is 12.1 Å². The Kier molecular flexibility index (Phi) is 9.34. The first kappa shape index (κ1) is 19.0. The summed E-state index contributed by atoms with van der Waals surface area (Å²) in [5.74, 6) is 0. The molecule has 0 aliphatic carbocycles. The largest absolute Gasteiger partial charge is 1.00 e. The third-order valence-corrected chi connectivity index (χ3v) is 2.38. The van der Waals surface area contributed by atoms with E-state index in [1.807, 2.05) is 0 Å². The molecule has 2 amide bonds. The van der Waals surface area contributed by atoms with Crippen molar-refractivity contribution in [1.82, 2.24) is 0 Å². The van der Waals surface area contributed by atoms with Crippen LogP contribution in [-0.2, 0) is 4.57 Å². The number of carbonyl (C=O) groups is 1. The van der Waals surface area contributed by atoms with Crippen LogP contribution in [0.3, 0.4) is 0 Å². The first-order valence-electron chi connectivity index (χ1n) is 3.59. The van der Waals surface area contributed by atoms with Crippen LogP contribution in [0.5, 0.6) is 0 Å². The van der Waals surface area contributed by atoms with E-state index in [-0.39, 0.29) is 64.4 Å². The Labute approximate surface area is 137 Å². The molecule has 0 aliphatic heterocycles. The third-order valence-electron chi connectivity index (χ3n) is 1.45. The molecule has 0 atom stereocenters. The number of anilines is 1. The second-order valence-corrected chi connectivity index (χ2v) is 4.04. The Balaban J connectivity index is 0. The normalized spacial score (nSPS) is 9.62. The van der Waals surface area contributed by atoms with Gasteiger partial charge >= 0.3 is 65.1 Å². The molecule has 16 heavy (non-hydrogen) atoms. The van der Waals surface area contributed by atoms with Crippen LogP contribution in [0.15, 0.2) is 24.3 Å². The van der Waals surface area contributed by atoms with Crippen LogP contribution < -0.4 is 85.3 Å². The number of urea groups is 1. The first-order valence-corrected chi connectivity index (χ1v) is 5.13. The molecule has 6 nitrogen and oxygen atoms in total. The zero-order valence-corrected chi connectivity index (χ0v) is 13.9. The topological polar surface area (TPSA) is 118 Å². The van der Waals surface area contributed by atoms with Gasteiger partial charge in [0.1, 0.15) is 0 Å². The molecule has 0 saturated heterocycles. The van der Waals surface area contributed by atoms with E-state index in [9.17, 15) is 19.1 Å². The minimum atomic E-state index is -4.72. The molecule has 9 heteroatoms. The van der Waals surface area contributed by atoms with E-state index in [1.54, 1.807) is 0 Å². The average Bonchev–Trinajstić information content (AvgIpc) is 2.02. The summed E-state index contributed by atoms with van der Waals surface area (Å²) < 4.78 is 10.5. The van der Waals surface area contributed by atoms with E-state index < -0.39 is 13.6 Å². The number of hydrogen-bond donors (Lipinski definition) is 2. The number of amides is 2. The Morgan fingerprint density at radius 3 is 1.94 bits per heavy atom. The van der Waals surface area contributed by atoms with E-state index in [1.165, 1.54) is 12.1 Å². The molecule has 1 aromatic carbocycles. The Bertz CT molecular complexity index is 392. The molecule has 0 aromatic heterocycles. The zero-order valence-electron chi connectivity index (χ0n) is 8.97. The Hall–Kier alpha value is 0.640. The predicted octanol–water partition coefficient (Wildman–Crippen LogP) is -7.28. The van der Waals surface area contributed by atoms with Crippen molar-refractivity contribution in [2.24, 2.45) is 5.73 Å². The van der Waals surface area contributed by atoms with E-state index in [4.69, 9.17) is 5.73 Å². The fourth-order valence-electron chi connectivity index (χ4n) is 0.870. The molecular weight excluding hydrogens is 253 g/mol. The number of carbonyl (C=O) groups excluding carboxylic acids is 1. The van der Waals surface area contributed by atoms with Crippen molar-refractivity contribution in [3.8, 4) is 0 Å². The van der Waals surface area contributed by atoms with Gasteiger partial charge in [0, 0.05) is 5.69 Å². The standard InChI is InChI=1S/C7H9N2O4P.2Na/c8-7(10)9-5-1-3-6(4-2-5)14(11,12)13;;/h1-4H,(H3,8,9,10)(H2,11,12,13);;/q;2*+1/p-2. The van der Waals surface area contributed by atoms with Gasteiger partial charge in [-0.15, -0.1) is 0 Å². The van der Waals surface area contributed by atoms with E-state index >= 15 is 0 Å². The van der Waals surface area contributed by atoms with Crippen LogP contribution in [-0.4, -0.2) is 6.03 Å². The number of hydrogen-bond acceptors (Lipinski definition) is 4. The second-order valence-electron chi connectivity index (χ2n) is 2.53. The third kappa shape index (κ3) is 6.39. The molecule has 0 spiro atoms. The smallest absolute Gasteiger partial charge is 0.807 e. The zero-order chi connectivity index (χ0) is 10.8. The van der Waals surface area contributed by atoms with Crippen molar-refractivity contribution >= 4 is 24.6 Å². The maximum absolute atomic E-state index is 10.5. The molecule has 0 radical (unpaired) electrons. The van der Waals surface area contributed by atoms with Gasteiger partial charge < -0.3 is 25.4 Å². The van der Waals surface area contributed by atoms with Crippen molar-refractivity contribution in [1.29, 1.82) is 0 Å². The van der Waals surface area contributed by atoms with Gasteiger partial charge in [-0.25, -0.2) is 4.79 Å². The maximum Gasteiger partial charge on any atom is 1.00 e. The summed E-state index contributed by atoms with van der Waals surface area (Å²) in [5.41, 5.74) is 5.15. The first-order chi connectivity index (χ1) is 6.39. The SMILES string of the molecule is NC(=O)Nc1ccc(P(=O)([O-])[O-])cc1.[Na+].[Na+]. The molecule has 3 N–H and O–H groups in total. The van der Waals surface area contributed by atoms with Crippen molar-refractivity contribution < 1.29 is 78.3 Å². The van der Waals surface area contributed by atoms with Gasteiger partial charge in [-0.2, -0.15) is 0 Å². The number of benzene rings is 1. The summed E-state index contributed by atoms with van der Waals surface area (Å²) in [4.78, 5) is 31.4. The van der Waals surface area contributed by atoms with Crippen molar-refractivity contribution in [3.63, 3.8) is 0 Å². The predicted molar refractivity (Wildman–Crippen MR) is 46.9 cm³/mol. The van der Waals surface area contributed by atoms with Gasteiger partial charge in [0.2, 0.25) is 0 Å². The Morgan fingerprint density at radius 2 is 1.62 bits per heavy atom. The van der Waals surface area contributed by atoms with Gasteiger partial charge in [0.15, 0.2) is 0 Å². The maximum atomic E-state index is 10.5. The minimum absolute atomic E-state index is 0. The van der Waals surface area contributed by atoms with Crippen LogP contribution in [0.2, 0.25) is 0 Å². The van der Waals surface area contributed by atoms with Crippen molar-refractivity contribution in [2.75, 3.05) is 5.32 Å². The fourth-order valence-corrected chi connectivity index (χ4v) is 1.38. The number of nitrogens with two attached hydrogens (primary N) is 1. The number of primary amides is 1. The summed E-state index contributed by atoms with van der Waals surface area (Å²) in [7, 11) is -4.72. The van der Waals surface area contributed by atoms with Crippen molar-refractivity contribution in [2.45, 2.75) is 0 Å². The van der Waals surface area contributed by atoms with Crippen LogP contribution in [0.1, 0.15) is 0 Å². The molecule has 0 aliphatic rings. The molecule has 76 valence electrons. The fraction of sp³-hybridized carbons (Fsp3) is 0. The average molecular weight is 260 g/mol. The summed E-state index contributed by atoms with van der Waals surface area (Å²) in [6.07, 6.45) is 0.